The number of carboxylic acids is 1. The Bertz CT molecular complexity index is 579. The molecule has 1 saturated heterocycles. The zero-order valence-electron chi connectivity index (χ0n) is 13.6. The average Bonchev–Trinajstić information content (AvgIpc) is 2.83. The van der Waals surface area contributed by atoms with E-state index in [0.29, 0.717) is 24.4 Å². The molecule has 1 fully saturated rings. The number of likely N-dealkylation sites (tertiary alicyclic amines) is 1. The lowest BCUT2D eigenvalue weighted by Gasteiger charge is -2.28. The number of halogens is 1. The van der Waals surface area contributed by atoms with E-state index in [4.69, 9.17) is 16.3 Å². The summed E-state index contributed by atoms with van der Waals surface area (Å²) < 4.78 is 5.32. The van der Waals surface area contributed by atoms with Crippen LogP contribution in [0.2, 0.25) is 5.02 Å². The number of carbonyl (C=O) groups excluding carboxylic acids is 1. The Morgan fingerprint density at radius 1 is 1.30 bits per heavy atom. The van der Waals surface area contributed by atoms with E-state index in [9.17, 15) is 14.7 Å². The van der Waals surface area contributed by atoms with Crippen LogP contribution >= 0.6 is 11.6 Å². The molecule has 2 rings (SSSR count). The quantitative estimate of drug-likeness (QED) is 0.913. The summed E-state index contributed by atoms with van der Waals surface area (Å²) in [5.41, 5.74) is 0.366. The Balaban J connectivity index is 2.11. The van der Waals surface area contributed by atoms with Crippen molar-refractivity contribution in [2.24, 2.45) is 5.92 Å². The summed E-state index contributed by atoms with van der Waals surface area (Å²) in [7, 11) is 0. The van der Waals surface area contributed by atoms with E-state index >= 15 is 0 Å². The molecular weight excluding hydrogens is 318 g/mol. The normalized spacial score (nSPS) is 21.3. The molecule has 1 aliphatic rings. The monoisotopic (exact) mass is 339 g/mol. The van der Waals surface area contributed by atoms with Crippen molar-refractivity contribution in [3.05, 3.63) is 34.9 Å². The molecule has 1 N–H and O–H groups in total. The highest BCUT2D eigenvalue weighted by atomic mass is 35.5. The summed E-state index contributed by atoms with van der Waals surface area (Å²) in [6.45, 7) is 5.69. The molecule has 0 aromatic heterocycles. The molecule has 2 unspecified atom stereocenters. The first kappa shape index (κ1) is 17.6. The fourth-order valence-electron chi connectivity index (χ4n) is 2.85. The first-order valence-electron chi connectivity index (χ1n) is 7.64. The highest BCUT2D eigenvalue weighted by Gasteiger charge is 2.43. The Morgan fingerprint density at radius 2 is 1.91 bits per heavy atom. The first-order valence-corrected chi connectivity index (χ1v) is 8.02. The third-order valence-corrected chi connectivity index (χ3v) is 4.07. The topological polar surface area (TPSA) is 66.8 Å². The van der Waals surface area contributed by atoms with Crippen molar-refractivity contribution < 1.29 is 19.4 Å². The summed E-state index contributed by atoms with van der Waals surface area (Å²) in [4.78, 5) is 25.2. The summed E-state index contributed by atoms with van der Waals surface area (Å²) in [6, 6.07) is 6.48. The fraction of sp³-hybridized carbons (Fsp3) is 0.529. The maximum Gasteiger partial charge on any atom is 0.411 e. The van der Waals surface area contributed by atoms with Gasteiger partial charge in [0.05, 0.1) is 0 Å². The summed E-state index contributed by atoms with van der Waals surface area (Å²) in [6.07, 6.45) is 0.662. The number of carboxylic acid groups (broad SMARTS) is 1. The van der Waals surface area contributed by atoms with Crippen molar-refractivity contribution in [1.82, 2.24) is 4.90 Å². The van der Waals surface area contributed by atoms with Crippen LogP contribution in [0.5, 0.6) is 0 Å². The number of hydrogen-bond acceptors (Lipinski definition) is 3. The molecule has 1 aromatic carbocycles. The SMILES string of the molecule is CC(C)(C)OC(=O)N1CCC(Cc2ccc(Cl)cc2)C1C(=O)O. The zero-order valence-corrected chi connectivity index (χ0v) is 14.3. The molecule has 0 saturated carbocycles. The van der Waals surface area contributed by atoms with Gasteiger partial charge in [-0.2, -0.15) is 0 Å². The Kier molecular flexibility index (Phi) is 5.19. The molecule has 0 spiro atoms. The summed E-state index contributed by atoms with van der Waals surface area (Å²) >= 11 is 5.87. The molecule has 5 nitrogen and oxygen atoms in total. The number of amides is 1. The van der Waals surface area contributed by atoms with E-state index in [1.807, 2.05) is 12.1 Å². The van der Waals surface area contributed by atoms with Crippen molar-refractivity contribution in [3.8, 4) is 0 Å². The summed E-state index contributed by atoms with van der Waals surface area (Å²) in [5.74, 6) is -1.13. The molecule has 23 heavy (non-hydrogen) atoms. The molecule has 1 amide bonds. The van der Waals surface area contributed by atoms with Gasteiger partial charge in [0, 0.05) is 11.6 Å². The second-order valence-electron chi connectivity index (χ2n) is 6.84. The highest BCUT2D eigenvalue weighted by molar-refractivity contribution is 6.30. The Hall–Kier alpha value is -1.75. The zero-order chi connectivity index (χ0) is 17.2. The van der Waals surface area contributed by atoms with E-state index in [-0.39, 0.29) is 5.92 Å². The van der Waals surface area contributed by atoms with Crippen molar-refractivity contribution in [2.45, 2.75) is 45.3 Å². The van der Waals surface area contributed by atoms with Crippen LogP contribution in [0, 0.1) is 5.92 Å². The standard InChI is InChI=1S/C17H22ClNO4/c1-17(2,3)23-16(22)19-9-8-12(14(19)15(20)21)10-11-4-6-13(18)7-5-11/h4-7,12,14H,8-10H2,1-3H3,(H,20,21). The molecule has 1 heterocycles. The Morgan fingerprint density at radius 3 is 2.43 bits per heavy atom. The predicted octanol–water partition coefficient (Wildman–Crippen LogP) is 3.59. The van der Waals surface area contributed by atoms with E-state index in [1.54, 1.807) is 32.9 Å². The molecule has 0 radical (unpaired) electrons. The van der Waals surface area contributed by atoms with Crippen LogP contribution in [0.25, 0.3) is 0 Å². The highest BCUT2D eigenvalue weighted by Crippen LogP contribution is 2.30. The van der Waals surface area contributed by atoms with Crippen LogP contribution in [0.15, 0.2) is 24.3 Å². The van der Waals surface area contributed by atoms with Crippen molar-refractivity contribution >= 4 is 23.7 Å². The van der Waals surface area contributed by atoms with Gasteiger partial charge in [-0.05, 0) is 57.2 Å². The Labute approximate surface area is 141 Å². The van der Waals surface area contributed by atoms with Crippen molar-refractivity contribution in [1.29, 1.82) is 0 Å². The lowest BCUT2D eigenvalue weighted by molar-refractivity contribution is -0.143. The van der Waals surface area contributed by atoms with Crippen LogP contribution in [-0.4, -0.2) is 40.3 Å². The lowest BCUT2D eigenvalue weighted by atomic mass is 9.92. The smallest absolute Gasteiger partial charge is 0.411 e. The maximum absolute atomic E-state index is 12.2. The molecule has 6 heteroatoms. The number of carbonyl (C=O) groups is 2. The molecule has 0 aliphatic carbocycles. The van der Waals surface area contributed by atoms with Crippen molar-refractivity contribution in [3.63, 3.8) is 0 Å². The van der Waals surface area contributed by atoms with Crippen LogP contribution in [0.4, 0.5) is 4.79 Å². The number of benzene rings is 1. The van der Waals surface area contributed by atoms with Gasteiger partial charge in [0.1, 0.15) is 11.6 Å². The van der Waals surface area contributed by atoms with Crippen LogP contribution in [-0.2, 0) is 16.0 Å². The van der Waals surface area contributed by atoms with E-state index < -0.39 is 23.7 Å². The third kappa shape index (κ3) is 4.61. The van der Waals surface area contributed by atoms with Gasteiger partial charge in [0.2, 0.25) is 0 Å². The van der Waals surface area contributed by atoms with Gasteiger partial charge in [-0.3, -0.25) is 4.90 Å². The maximum atomic E-state index is 12.2. The van der Waals surface area contributed by atoms with Gasteiger partial charge in [-0.25, -0.2) is 9.59 Å². The number of aliphatic carboxylic acids is 1. The van der Waals surface area contributed by atoms with Gasteiger partial charge >= 0.3 is 12.1 Å². The second-order valence-corrected chi connectivity index (χ2v) is 7.27. The van der Waals surface area contributed by atoms with Gasteiger partial charge in [-0.15, -0.1) is 0 Å². The van der Waals surface area contributed by atoms with Crippen LogP contribution in [0.1, 0.15) is 32.8 Å². The first-order chi connectivity index (χ1) is 10.7. The molecule has 1 aromatic rings. The molecular formula is C17H22ClNO4. The number of nitrogens with zero attached hydrogens (tertiary/aromatic N) is 1. The molecule has 126 valence electrons. The van der Waals surface area contributed by atoms with Crippen LogP contribution in [0.3, 0.4) is 0 Å². The molecule has 2 atom stereocenters. The summed E-state index contributed by atoms with van der Waals surface area (Å²) in [5, 5.41) is 10.2. The average molecular weight is 340 g/mol. The largest absolute Gasteiger partial charge is 0.480 e. The number of ether oxygens (including phenoxy) is 1. The minimum atomic E-state index is -0.993. The van der Waals surface area contributed by atoms with Gasteiger partial charge < -0.3 is 9.84 Å². The van der Waals surface area contributed by atoms with E-state index in [1.165, 1.54) is 4.90 Å². The van der Waals surface area contributed by atoms with E-state index in [0.717, 1.165) is 5.56 Å². The minimum absolute atomic E-state index is 0.138. The van der Waals surface area contributed by atoms with E-state index in [2.05, 4.69) is 0 Å². The molecule has 0 bridgehead atoms. The lowest BCUT2D eigenvalue weighted by Crippen LogP contribution is -2.45. The number of hydrogen-bond donors (Lipinski definition) is 1. The van der Waals surface area contributed by atoms with Gasteiger partial charge in [0.15, 0.2) is 0 Å². The predicted molar refractivity (Wildman–Crippen MR) is 87.6 cm³/mol. The van der Waals surface area contributed by atoms with Gasteiger partial charge in [-0.1, -0.05) is 23.7 Å². The minimum Gasteiger partial charge on any atom is -0.480 e. The third-order valence-electron chi connectivity index (χ3n) is 3.82. The second kappa shape index (κ2) is 6.79. The number of rotatable bonds is 3. The fourth-order valence-corrected chi connectivity index (χ4v) is 2.98. The van der Waals surface area contributed by atoms with Crippen LogP contribution < -0.4 is 0 Å². The van der Waals surface area contributed by atoms with Crippen molar-refractivity contribution in [2.75, 3.05) is 6.54 Å². The van der Waals surface area contributed by atoms with Gasteiger partial charge in [0.25, 0.3) is 0 Å². The molecule has 1 aliphatic heterocycles.